The lowest BCUT2D eigenvalue weighted by Crippen LogP contribution is -2.41. The van der Waals surface area contributed by atoms with Gasteiger partial charge < -0.3 is 18.9 Å². The van der Waals surface area contributed by atoms with Gasteiger partial charge in [0.1, 0.15) is 13.2 Å². The van der Waals surface area contributed by atoms with E-state index in [0.717, 1.165) is 0 Å². The van der Waals surface area contributed by atoms with Crippen molar-refractivity contribution in [3.8, 4) is 0 Å². The molecule has 0 aromatic carbocycles. The molecule has 0 aromatic heterocycles. The molecule has 0 aromatic rings. The molecule has 0 amide bonds. The molecule has 1 rings (SSSR count). The number of morpholine rings is 1. The predicted octanol–water partition coefficient (Wildman–Crippen LogP) is 2.00. The molecule has 1 aliphatic rings. The molecule has 0 radical (unpaired) electrons. The number of ether oxygens (including phenoxy) is 4. The summed E-state index contributed by atoms with van der Waals surface area (Å²) in [5.41, 5.74) is 0. The summed E-state index contributed by atoms with van der Waals surface area (Å²) < 4.78 is 92.3. The predicted molar refractivity (Wildman–Crippen MR) is 89.6 cm³/mol. The summed E-state index contributed by atoms with van der Waals surface area (Å²) in [6.07, 6.45) is -15.3. The van der Waals surface area contributed by atoms with Crippen LogP contribution in [0.4, 0.5) is 26.3 Å². The summed E-state index contributed by atoms with van der Waals surface area (Å²) in [5, 5.41) is 0. The molecular weight excluding hydrogens is 444 g/mol. The van der Waals surface area contributed by atoms with Crippen molar-refractivity contribution in [1.29, 1.82) is 0 Å². The van der Waals surface area contributed by atoms with Crippen LogP contribution in [-0.4, -0.2) is 87.3 Å². The van der Waals surface area contributed by atoms with Crippen molar-refractivity contribution in [2.24, 2.45) is 0 Å². The van der Waals surface area contributed by atoms with Crippen molar-refractivity contribution in [1.82, 2.24) is 4.90 Å². The van der Waals surface area contributed by atoms with Gasteiger partial charge in [-0.25, -0.2) is 0 Å². The van der Waals surface area contributed by atoms with Gasteiger partial charge in [-0.1, -0.05) is 0 Å². The summed E-state index contributed by atoms with van der Waals surface area (Å²) in [5.74, 6) is -3.26. The Morgan fingerprint density at radius 3 is 1.68 bits per heavy atom. The highest BCUT2D eigenvalue weighted by molar-refractivity contribution is 5.72. The van der Waals surface area contributed by atoms with Crippen LogP contribution in [0.3, 0.4) is 0 Å². The smallest absolute Gasteiger partial charge is 0.389 e. The number of hydrogen-bond donors (Lipinski definition) is 0. The maximum Gasteiger partial charge on any atom is 0.389 e. The summed E-state index contributed by atoms with van der Waals surface area (Å²) in [6.45, 7) is 0.0476. The van der Waals surface area contributed by atoms with E-state index in [4.69, 9.17) is 9.47 Å². The van der Waals surface area contributed by atoms with E-state index >= 15 is 0 Å². The molecule has 0 saturated carbocycles. The van der Waals surface area contributed by atoms with E-state index in [9.17, 15) is 40.7 Å². The fraction of sp³-hybridized carbons (Fsp3) is 0.824. The average molecular weight is 467 g/mol. The molecule has 1 heterocycles. The summed E-state index contributed by atoms with van der Waals surface area (Å²) >= 11 is 0. The fourth-order valence-electron chi connectivity index (χ4n) is 2.28. The molecule has 8 nitrogen and oxygen atoms in total. The minimum atomic E-state index is -4.57. The minimum Gasteiger partial charge on any atom is -0.462 e. The van der Waals surface area contributed by atoms with Gasteiger partial charge in [0.15, 0.2) is 6.10 Å². The van der Waals surface area contributed by atoms with Crippen LogP contribution in [0.5, 0.6) is 0 Å². The quantitative estimate of drug-likeness (QED) is 0.259. The number of carbonyl (C=O) groups excluding carboxylic acids is 3. The third-order valence-corrected chi connectivity index (χ3v) is 3.84. The molecule has 1 saturated heterocycles. The number of esters is 3. The number of halogens is 6. The lowest BCUT2D eigenvalue weighted by atomic mass is 10.3. The molecule has 0 N–H and O–H groups in total. The van der Waals surface area contributed by atoms with E-state index in [1.54, 1.807) is 4.90 Å². The molecule has 31 heavy (non-hydrogen) atoms. The first kappa shape index (κ1) is 26.9. The van der Waals surface area contributed by atoms with E-state index in [-0.39, 0.29) is 6.54 Å². The second kappa shape index (κ2) is 12.7. The van der Waals surface area contributed by atoms with Gasteiger partial charge in [0.2, 0.25) is 0 Å². The van der Waals surface area contributed by atoms with Gasteiger partial charge >= 0.3 is 30.3 Å². The van der Waals surface area contributed by atoms with Crippen molar-refractivity contribution < 1.29 is 59.7 Å². The van der Waals surface area contributed by atoms with Crippen molar-refractivity contribution in [2.45, 2.75) is 44.1 Å². The molecule has 0 aliphatic carbocycles. The maximum atomic E-state index is 12.1. The van der Waals surface area contributed by atoms with Gasteiger partial charge in [-0.05, 0) is 0 Å². The highest BCUT2D eigenvalue weighted by Crippen LogP contribution is 2.22. The molecule has 1 fully saturated rings. The van der Waals surface area contributed by atoms with Gasteiger partial charge in [-0.3, -0.25) is 19.3 Å². The van der Waals surface area contributed by atoms with Crippen molar-refractivity contribution in [2.75, 3.05) is 46.1 Å². The third kappa shape index (κ3) is 14.5. The van der Waals surface area contributed by atoms with Gasteiger partial charge in [0.05, 0.1) is 45.4 Å². The topological polar surface area (TPSA) is 91.4 Å². The minimum absolute atomic E-state index is 0.177. The zero-order valence-corrected chi connectivity index (χ0v) is 16.4. The van der Waals surface area contributed by atoms with Crippen molar-refractivity contribution in [3.63, 3.8) is 0 Å². The Kier molecular flexibility index (Phi) is 11.0. The zero-order valence-electron chi connectivity index (χ0n) is 16.4. The van der Waals surface area contributed by atoms with Crippen LogP contribution in [0.15, 0.2) is 0 Å². The van der Waals surface area contributed by atoms with Gasteiger partial charge in [-0.15, -0.1) is 0 Å². The van der Waals surface area contributed by atoms with E-state index in [2.05, 4.69) is 9.47 Å². The Balaban J connectivity index is 2.53. The molecule has 0 bridgehead atoms. The van der Waals surface area contributed by atoms with Crippen LogP contribution < -0.4 is 0 Å². The van der Waals surface area contributed by atoms with Crippen LogP contribution in [0.1, 0.15) is 25.7 Å². The number of hydrogen-bond acceptors (Lipinski definition) is 8. The van der Waals surface area contributed by atoms with Gasteiger partial charge in [0.25, 0.3) is 0 Å². The van der Waals surface area contributed by atoms with Crippen LogP contribution >= 0.6 is 0 Å². The first-order chi connectivity index (χ1) is 14.3. The first-order valence-corrected chi connectivity index (χ1v) is 9.28. The molecule has 0 unspecified atom stereocenters. The van der Waals surface area contributed by atoms with Crippen LogP contribution in [0.2, 0.25) is 0 Å². The lowest BCUT2D eigenvalue weighted by Gasteiger charge is -2.26. The SMILES string of the molecule is O=C(CCC(F)(F)F)OCC(COC(=O)CCC(F)(F)F)OC(=O)CN1CCOCC1. The Hall–Kier alpha value is -2.09. The van der Waals surface area contributed by atoms with Crippen LogP contribution in [0, 0.1) is 0 Å². The average Bonchev–Trinajstić information content (AvgIpc) is 2.66. The Morgan fingerprint density at radius 2 is 1.26 bits per heavy atom. The number of carbonyl (C=O) groups is 3. The van der Waals surface area contributed by atoms with Gasteiger partial charge in [0, 0.05) is 13.1 Å². The Bertz CT molecular complexity index is 556. The summed E-state index contributed by atoms with van der Waals surface area (Å²) in [6, 6.07) is 0. The Morgan fingerprint density at radius 1 is 0.806 bits per heavy atom. The number of alkyl halides is 6. The molecule has 1 aliphatic heterocycles. The lowest BCUT2D eigenvalue weighted by molar-refractivity contribution is -0.172. The highest BCUT2D eigenvalue weighted by Gasteiger charge is 2.30. The largest absolute Gasteiger partial charge is 0.462 e. The second-order valence-corrected chi connectivity index (χ2v) is 6.60. The second-order valence-electron chi connectivity index (χ2n) is 6.60. The highest BCUT2D eigenvalue weighted by atomic mass is 19.4. The van der Waals surface area contributed by atoms with Crippen molar-refractivity contribution in [3.05, 3.63) is 0 Å². The van der Waals surface area contributed by atoms with E-state index in [1.807, 2.05) is 0 Å². The zero-order chi connectivity index (χ0) is 23.5. The normalized spacial score (nSPS) is 15.6. The third-order valence-electron chi connectivity index (χ3n) is 3.84. The maximum absolute atomic E-state index is 12.1. The fourth-order valence-corrected chi connectivity index (χ4v) is 2.28. The standard InChI is InChI=1S/C17H23F6NO7/c18-16(19,20)3-1-13(25)29-10-12(11-30-14(26)2-4-17(21,22)23)31-15(27)9-24-5-7-28-8-6-24/h12H,1-11H2. The molecule has 180 valence electrons. The molecule has 14 heteroatoms. The monoisotopic (exact) mass is 467 g/mol. The Labute approximate surface area is 173 Å². The van der Waals surface area contributed by atoms with Crippen LogP contribution in [0.25, 0.3) is 0 Å². The molecular formula is C17H23F6NO7. The number of nitrogens with zero attached hydrogens (tertiary/aromatic N) is 1. The van der Waals surface area contributed by atoms with Crippen molar-refractivity contribution >= 4 is 17.9 Å². The first-order valence-electron chi connectivity index (χ1n) is 9.28. The van der Waals surface area contributed by atoms with E-state index in [1.165, 1.54) is 0 Å². The molecule has 0 atom stereocenters. The molecule has 0 spiro atoms. The van der Waals surface area contributed by atoms with Gasteiger partial charge in [-0.2, -0.15) is 26.3 Å². The summed E-state index contributed by atoms with van der Waals surface area (Å²) in [4.78, 5) is 36.6. The van der Waals surface area contributed by atoms with E-state index < -0.39 is 75.3 Å². The summed E-state index contributed by atoms with van der Waals surface area (Å²) in [7, 11) is 0. The van der Waals surface area contributed by atoms with E-state index in [0.29, 0.717) is 26.3 Å². The number of rotatable bonds is 11. The van der Waals surface area contributed by atoms with Crippen LogP contribution in [-0.2, 0) is 33.3 Å².